The summed E-state index contributed by atoms with van der Waals surface area (Å²) in [7, 11) is -3.83. The van der Waals surface area contributed by atoms with Crippen LogP contribution in [0.3, 0.4) is 0 Å². The topological polar surface area (TPSA) is 83.8 Å². The summed E-state index contributed by atoms with van der Waals surface area (Å²) in [6, 6.07) is 6.48. The van der Waals surface area contributed by atoms with Gasteiger partial charge in [-0.3, -0.25) is 4.72 Å². The van der Waals surface area contributed by atoms with Crippen molar-refractivity contribution in [2.45, 2.75) is 11.8 Å². The van der Waals surface area contributed by atoms with Crippen LogP contribution in [0.2, 0.25) is 5.15 Å². The van der Waals surface area contributed by atoms with Crippen LogP contribution in [0.25, 0.3) is 0 Å². The first-order valence-corrected chi connectivity index (χ1v) is 8.43. The number of aryl methyl sites for hydroxylation is 1. The SMILES string of the molecule is Cc1ccnc(Cl)c1NS(=O)(=O)c1cccc2c1N=S=N2. The predicted molar refractivity (Wildman–Crippen MR) is 82.8 cm³/mol. The van der Waals surface area contributed by atoms with Crippen LogP contribution in [-0.4, -0.2) is 13.4 Å². The molecule has 0 saturated heterocycles. The summed E-state index contributed by atoms with van der Waals surface area (Å²) in [6.07, 6.45) is 1.51. The van der Waals surface area contributed by atoms with E-state index in [9.17, 15) is 8.42 Å². The van der Waals surface area contributed by atoms with Gasteiger partial charge in [0.1, 0.15) is 16.3 Å². The van der Waals surface area contributed by atoms with Crippen LogP contribution in [0, 0.1) is 6.92 Å². The van der Waals surface area contributed by atoms with Crippen molar-refractivity contribution in [2.75, 3.05) is 4.72 Å². The van der Waals surface area contributed by atoms with Crippen LogP contribution in [-0.2, 0) is 21.4 Å². The summed E-state index contributed by atoms with van der Waals surface area (Å²) in [5.41, 5.74) is 1.83. The van der Waals surface area contributed by atoms with Gasteiger partial charge in [0.05, 0.1) is 17.0 Å². The number of aromatic nitrogens is 1. The molecule has 21 heavy (non-hydrogen) atoms. The van der Waals surface area contributed by atoms with E-state index in [1.807, 2.05) is 0 Å². The Hall–Kier alpha value is -1.77. The number of rotatable bonds is 3. The van der Waals surface area contributed by atoms with Gasteiger partial charge in [-0.05, 0) is 30.7 Å². The number of halogens is 1. The molecule has 3 rings (SSSR count). The highest BCUT2D eigenvalue weighted by atomic mass is 35.5. The highest BCUT2D eigenvalue weighted by Crippen LogP contribution is 2.38. The van der Waals surface area contributed by atoms with Gasteiger partial charge in [0.15, 0.2) is 5.15 Å². The third kappa shape index (κ3) is 2.57. The molecule has 0 spiro atoms. The van der Waals surface area contributed by atoms with Crippen molar-refractivity contribution >= 4 is 50.0 Å². The van der Waals surface area contributed by atoms with Gasteiger partial charge in [0.25, 0.3) is 10.0 Å². The van der Waals surface area contributed by atoms with Crippen molar-refractivity contribution in [3.63, 3.8) is 0 Å². The average molecular weight is 341 g/mol. The molecule has 1 aromatic heterocycles. The van der Waals surface area contributed by atoms with E-state index in [0.29, 0.717) is 16.9 Å². The molecule has 0 aliphatic carbocycles. The van der Waals surface area contributed by atoms with E-state index in [0.717, 1.165) is 11.4 Å². The quantitative estimate of drug-likeness (QED) is 0.740. The molecule has 0 saturated carbocycles. The number of anilines is 1. The maximum Gasteiger partial charge on any atom is 0.264 e. The Labute approximate surface area is 130 Å². The number of sulfonamides is 1. The second-order valence-electron chi connectivity index (χ2n) is 4.29. The zero-order valence-corrected chi connectivity index (χ0v) is 13.1. The fraction of sp³-hybridized carbons (Fsp3) is 0.0833. The molecule has 0 amide bonds. The molecule has 0 fully saturated rings. The van der Waals surface area contributed by atoms with Gasteiger partial charge < -0.3 is 0 Å². The highest BCUT2D eigenvalue weighted by Gasteiger charge is 2.24. The molecule has 0 atom stereocenters. The Morgan fingerprint density at radius 1 is 1.24 bits per heavy atom. The lowest BCUT2D eigenvalue weighted by Crippen LogP contribution is -2.14. The third-order valence-electron chi connectivity index (χ3n) is 2.89. The Balaban J connectivity index is 2.07. The number of fused-ring (bicyclic) bond motifs is 1. The van der Waals surface area contributed by atoms with Gasteiger partial charge in [-0.25, -0.2) is 13.4 Å². The van der Waals surface area contributed by atoms with Crippen LogP contribution in [0.15, 0.2) is 44.1 Å². The molecule has 9 heteroatoms. The standard InChI is InChI=1S/C12H9ClN4O2S2/c1-7-5-6-14-12(13)10(7)17-21(18,19)9-4-2-3-8-11(9)16-20-15-8/h2-6,17H,1H3. The Morgan fingerprint density at radius 3 is 2.81 bits per heavy atom. The molecule has 1 N–H and O–H groups in total. The number of hydrogen-bond donors (Lipinski definition) is 1. The lowest BCUT2D eigenvalue weighted by molar-refractivity contribution is 0.601. The number of nitrogens with one attached hydrogen (secondary N) is 1. The van der Waals surface area contributed by atoms with E-state index in [2.05, 4.69) is 18.4 Å². The maximum absolute atomic E-state index is 12.6. The average Bonchev–Trinajstić information content (AvgIpc) is 2.91. The lowest BCUT2D eigenvalue weighted by Gasteiger charge is -2.12. The van der Waals surface area contributed by atoms with Crippen LogP contribution >= 0.6 is 11.6 Å². The van der Waals surface area contributed by atoms with Gasteiger partial charge in [0.2, 0.25) is 0 Å². The van der Waals surface area contributed by atoms with E-state index >= 15 is 0 Å². The molecular formula is C12H9ClN4O2S2. The molecule has 1 aromatic carbocycles. The van der Waals surface area contributed by atoms with Gasteiger partial charge in [0, 0.05) is 6.20 Å². The molecule has 1 aliphatic rings. The van der Waals surface area contributed by atoms with Gasteiger partial charge in [-0.2, -0.15) is 8.73 Å². The first-order valence-electron chi connectivity index (χ1n) is 5.84. The Morgan fingerprint density at radius 2 is 2.05 bits per heavy atom. The third-order valence-corrected chi connectivity index (χ3v) is 5.10. The Bertz CT molecular complexity index is 885. The normalized spacial score (nSPS) is 12.9. The van der Waals surface area contributed by atoms with Gasteiger partial charge in [-0.15, -0.1) is 0 Å². The zero-order valence-electron chi connectivity index (χ0n) is 10.7. The monoisotopic (exact) mass is 340 g/mol. The van der Waals surface area contributed by atoms with Gasteiger partial charge >= 0.3 is 0 Å². The van der Waals surface area contributed by atoms with Crippen molar-refractivity contribution in [1.29, 1.82) is 0 Å². The number of pyridine rings is 1. The molecule has 108 valence electrons. The van der Waals surface area contributed by atoms with E-state index < -0.39 is 10.0 Å². The first-order chi connectivity index (χ1) is 9.99. The number of hydrogen-bond acceptors (Lipinski definition) is 5. The maximum atomic E-state index is 12.6. The van der Waals surface area contributed by atoms with Crippen LogP contribution in [0.4, 0.5) is 17.1 Å². The summed E-state index contributed by atoms with van der Waals surface area (Å²) in [4.78, 5) is 3.95. The summed E-state index contributed by atoms with van der Waals surface area (Å²) in [5.74, 6) is 0. The predicted octanol–water partition coefficient (Wildman–Crippen LogP) is 3.57. The lowest BCUT2D eigenvalue weighted by atomic mass is 10.3. The van der Waals surface area contributed by atoms with E-state index in [1.165, 1.54) is 12.3 Å². The Kier molecular flexibility index (Phi) is 3.52. The minimum atomic E-state index is -3.83. The zero-order chi connectivity index (χ0) is 15.0. The smallest absolute Gasteiger partial charge is 0.264 e. The summed E-state index contributed by atoms with van der Waals surface area (Å²) in [6.45, 7) is 1.75. The number of nitrogens with zero attached hydrogens (tertiary/aromatic N) is 3. The molecule has 0 bridgehead atoms. The van der Waals surface area contributed by atoms with E-state index in [4.69, 9.17) is 11.6 Å². The largest absolute Gasteiger partial charge is 0.276 e. The second-order valence-corrected chi connectivity index (χ2v) is 6.82. The van der Waals surface area contributed by atoms with Crippen LogP contribution < -0.4 is 4.72 Å². The number of benzene rings is 1. The summed E-state index contributed by atoms with van der Waals surface area (Å²) < 4.78 is 35.7. The van der Waals surface area contributed by atoms with E-state index in [1.54, 1.807) is 25.1 Å². The summed E-state index contributed by atoms with van der Waals surface area (Å²) in [5, 5.41) is 0.0992. The van der Waals surface area contributed by atoms with Crippen LogP contribution in [0.1, 0.15) is 5.56 Å². The molecule has 0 unspecified atom stereocenters. The summed E-state index contributed by atoms with van der Waals surface area (Å²) >= 11 is 6.92. The van der Waals surface area contributed by atoms with Crippen molar-refractivity contribution in [3.05, 3.63) is 41.2 Å². The molecular weight excluding hydrogens is 332 g/mol. The molecule has 0 radical (unpaired) electrons. The van der Waals surface area contributed by atoms with Crippen molar-refractivity contribution in [1.82, 2.24) is 4.98 Å². The second kappa shape index (κ2) is 5.21. The molecule has 6 nitrogen and oxygen atoms in total. The fourth-order valence-electron chi connectivity index (χ4n) is 1.84. The van der Waals surface area contributed by atoms with Crippen molar-refractivity contribution in [2.24, 2.45) is 8.73 Å². The van der Waals surface area contributed by atoms with Crippen LogP contribution in [0.5, 0.6) is 0 Å². The first kappa shape index (κ1) is 14.2. The highest BCUT2D eigenvalue weighted by molar-refractivity contribution is 7.93. The minimum absolute atomic E-state index is 0.0630. The van der Waals surface area contributed by atoms with Gasteiger partial charge in [-0.1, -0.05) is 17.7 Å². The van der Waals surface area contributed by atoms with E-state index in [-0.39, 0.29) is 15.7 Å². The molecule has 2 aromatic rings. The minimum Gasteiger partial charge on any atom is -0.276 e. The van der Waals surface area contributed by atoms with Crippen molar-refractivity contribution < 1.29 is 8.42 Å². The fourth-order valence-corrected chi connectivity index (χ4v) is 4.05. The molecule has 1 aliphatic heterocycles. The molecule has 2 heterocycles. The van der Waals surface area contributed by atoms with Crippen molar-refractivity contribution in [3.8, 4) is 0 Å².